The highest BCUT2D eigenvalue weighted by Crippen LogP contribution is 2.44. The molecule has 3 atom stereocenters. The van der Waals surface area contributed by atoms with Crippen molar-refractivity contribution >= 4 is 18.3 Å². The number of aryl methyl sites for hydroxylation is 3. The van der Waals surface area contributed by atoms with E-state index in [-0.39, 0.29) is 24.4 Å². The maximum atomic E-state index is 13.2. The normalized spacial score (nSPS) is 24.9. The second-order valence-corrected chi connectivity index (χ2v) is 7.14. The number of benzene rings is 1. The quantitative estimate of drug-likeness (QED) is 0.895. The Balaban J connectivity index is 0.00000182. The van der Waals surface area contributed by atoms with Crippen LogP contribution in [0.2, 0.25) is 0 Å². The summed E-state index contributed by atoms with van der Waals surface area (Å²) in [6, 6.07) is 10.5. The molecule has 5 nitrogen and oxygen atoms in total. The molecule has 1 amide bonds. The molecule has 0 unspecified atom stereocenters. The number of nitrogens with zero attached hydrogens (tertiary/aromatic N) is 3. The molecule has 0 radical (unpaired) electrons. The van der Waals surface area contributed by atoms with Crippen LogP contribution < -0.4 is 5.32 Å². The Bertz CT molecular complexity index is 768. The largest absolute Gasteiger partial charge is 0.330 e. The van der Waals surface area contributed by atoms with E-state index in [1.807, 2.05) is 20.0 Å². The van der Waals surface area contributed by atoms with E-state index >= 15 is 0 Å². The first-order valence-corrected chi connectivity index (χ1v) is 8.64. The van der Waals surface area contributed by atoms with Gasteiger partial charge in [0.15, 0.2) is 5.69 Å². The topological polar surface area (TPSA) is 50.2 Å². The Morgan fingerprint density at radius 1 is 1.24 bits per heavy atom. The molecule has 0 saturated carbocycles. The second-order valence-electron chi connectivity index (χ2n) is 7.14. The second kappa shape index (κ2) is 6.81. The van der Waals surface area contributed by atoms with Crippen LogP contribution in [-0.4, -0.2) is 40.2 Å². The van der Waals surface area contributed by atoms with Gasteiger partial charge >= 0.3 is 0 Å². The van der Waals surface area contributed by atoms with Crippen LogP contribution in [-0.2, 0) is 7.05 Å². The van der Waals surface area contributed by atoms with Gasteiger partial charge in [0.2, 0.25) is 0 Å². The molecule has 2 aromatic rings. The highest BCUT2D eigenvalue weighted by molar-refractivity contribution is 5.93. The van der Waals surface area contributed by atoms with Crippen molar-refractivity contribution in [1.29, 1.82) is 0 Å². The first-order chi connectivity index (χ1) is 11.6. The van der Waals surface area contributed by atoms with E-state index in [1.165, 1.54) is 11.1 Å². The fraction of sp³-hybridized carbons (Fsp3) is 0.474. The van der Waals surface area contributed by atoms with Gasteiger partial charge < -0.3 is 10.2 Å². The average molecular weight is 361 g/mol. The van der Waals surface area contributed by atoms with Crippen LogP contribution >= 0.6 is 12.4 Å². The Morgan fingerprint density at radius 3 is 2.68 bits per heavy atom. The Hall–Kier alpha value is -1.85. The minimum absolute atomic E-state index is 0. The minimum atomic E-state index is 0. The number of rotatable bonds is 2. The van der Waals surface area contributed by atoms with Crippen molar-refractivity contribution in [3.63, 3.8) is 0 Å². The molecule has 4 rings (SSSR count). The van der Waals surface area contributed by atoms with Gasteiger partial charge in [-0.15, -0.1) is 12.4 Å². The summed E-state index contributed by atoms with van der Waals surface area (Å²) in [6.07, 6.45) is 0. The predicted molar refractivity (Wildman–Crippen MR) is 100.0 cm³/mol. The molecule has 0 aliphatic carbocycles. The van der Waals surface area contributed by atoms with Crippen LogP contribution in [0, 0.1) is 25.7 Å². The SMILES string of the molecule is Cc1ccccc1[C@@H]1[C@H]2CNC[C@H]2CN1C(=O)c1cc(C)n(C)n1.Cl. The van der Waals surface area contributed by atoms with Crippen molar-refractivity contribution in [1.82, 2.24) is 20.0 Å². The van der Waals surface area contributed by atoms with Gasteiger partial charge in [-0.2, -0.15) is 5.10 Å². The molecule has 1 aromatic carbocycles. The lowest BCUT2D eigenvalue weighted by atomic mass is 9.87. The van der Waals surface area contributed by atoms with Gasteiger partial charge in [0.1, 0.15) is 0 Å². The molecule has 3 heterocycles. The molecule has 2 fully saturated rings. The fourth-order valence-corrected chi connectivity index (χ4v) is 4.26. The summed E-state index contributed by atoms with van der Waals surface area (Å²) >= 11 is 0. The van der Waals surface area contributed by atoms with E-state index < -0.39 is 0 Å². The summed E-state index contributed by atoms with van der Waals surface area (Å²) in [7, 11) is 1.88. The fourth-order valence-electron chi connectivity index (χ4n) is 4.26. The zero-order valence-electron chi connectivity index (χ0n) is 14.9. The number of fused-ring (bicyclic) bond motifs is 1. The highest BCUT2D eigenvalue weighted by Gasteiger charge is 2.47. The van der Waals surface area contributed by atoms with Crippen molar-refractivity contribution < 1.29 is 4.79 Å². The highest BCUT2D eigenvalue weighted by atomic mass is 35.5. The van der Waals surface area contributed by atoms with E-state index in [9.17, 15) is 4.79 Å². The van der Waals surface area contributed by atoms with Crippen LogP contribution in [0.3, 0.4) is 0 Å². The zero-order chi connectivity index (χ0) is 16.8. The first-order valence-electron chi connectivity index (χ1n) is 8.64. The molecule has 1 N–H and O–H groups in total. The third kappa shape index (κ3) is 2.96. The summed E-state index contributed by atoms with van der Waals surface area (Å²) in [4.78, 5) is 15.2. The Labute approximate surface area is 154 Å². The molecular formula is C19H25ClN4O. The number of aromatic nitrogens is 2. The first kappa shape index (κ1) is 18.0. The van der Waals surface area contributed by atoms with Crippen molar-refractivity contribution in [2.45, 2.75) is 19.9 Å². The average Bonchev–Trinajstić information content (AvgIpc) is 3.23. The number of likely N-dealkylation sites (tertiary alicyclic amines) is 1. The zero-order valence-corrected chi connectivity index (χ0v) is 15.7. The summed E-state index contributed by atoms with van der Waals surface area (Å²) in [5, 5.41) is 7.91. The minimum Gasteiger partial charge on any atom is -0.330 e. The maximum absolute atomic E-state index is 13.2. The molecule has 0 spiro atoms. The molecule has 6 heteroatoms. The molecule has 2 aliphatic rings. The lowest BCUT2D eigenvalue weighted by Gasteiger charge is -2.29. The molecular weight excluding hydrogens is 336 g/mol. The van der Waals surface area contributed by atoms with Gasteiger partial charge in [-0.05, 0) is 37.0 Å². The third-order valence-electron chi connectivity index (χ3n) is 5.67. The molecule has 1 aromatic heterocycles. The molecule has 134 valence electrons. The smallest absolute Gasteiger partial charge is 0.274 e. The van der Waals surface area contributed by atoms with E-state index in [0.717, 1.165) is 25.3 Å². The summed E-state index contributed by atoms with van der Waals surface area (Å²) in [5.41, 5.74) is 4.09. The summed E-state index contributed by atoms with van der Waals surface area (Å²) in [5.74, 6) is 1.07. The molecule has 2 saturated heterocycles. The van der Waals surface area contributed by atoms with Crippen molar-refractivity contribution in [2.24, 2.45) is 18.9 Å². The number of carbonyl (C=O) groups excluding carboxylic acids is 1. The van der Waals surface area contributed by atoms with Crippen LogP contribution in [0.5, 0.6) is 0 Å². The number of carbonyl (C=O) groups is 1. The van der Waals surface area contributed by atoms with Gasteiger partial charge in [-0.3, -0.25) is 9.48 Å². The van der Waals surface area contributed by atoms with Crippen LogP contribution in [0.4, 0.5) is 0 Å². The molecule has 2 aliphatic heterocycles. The number of hydrogen-bond donors (Lipinski definition) is 1. The van der Waals surface area contributed by atoms with E-state index in [2.05, 4.69) is 46.5 Å². The van der Waals surface area contributed by atoms with E-state index in [0.29, 0.717) is 17.5 Å². The number of halogens is 1. The maximum Gasteiger partial charge on any atom is 0.274 e. The van der Waals surface area contributed by atoms with Gasteiger partial charge in [0.05, 0.1) is 6.04 Å². The standard InChI is InChI=1S/C19H24N4O.ClH/c1-12-6-4-5-7-15(12)18-16-10-20-9-14(16)11-23(18)19(24)17-8-13(2)22(3)21-17;/h4-8,14,16,18,20H,9-11H2,1-3H3;1H/t14-,16-,18+;/m0./s1. The van der Waals surface area contributed by atoms with Gasteiger partial charge in [-0.25, -0.2) is 0 Å². The van der Waals surface area contributed by atoms with Gasteiger partial charge in [-0.1, -0.05) is 24.3 Å². The van der Waals surface area contributed by atoms with Gasteiger partial charge in [0, 0.05) is 38.3 Å². The van der Waals surface area contributed by atoms with E-state index in [4.69, 9.17) is 0 Å². The van der Waals surface area contributed by atoms with Crippen molar-refractivity contribution in [3.8, 4) is 0 Å². The number of hydrogen-bond acceptors (Lipinski definition) is 3. The van der Waals surface area contributed by atoms with Crippen molar-refractivity contribution in [2.75, 3.05) is 19.6 Å². The van der Waals surface area contributed by atoms with Gasteiger partial charge in [0.25, 0.3) is 5.91 Å². The summed E-state index contributed by atoms with van der Waals surface area (Å²) in [6.45, 7) is 6.90. The third-order valence-corrected chi connectivity index (χ3v) is 5.67. The van der Waals surface area contributed by atoms with Crippen LogP contribution in [0.25, 0.3) is 0 Å². The molecule has 25 heavy (non-hydrogen) atoms. The molecule has 0 bridgehead atoms. The monoisotopic (exact) mass is 360 g/mol. The van der Waals surface area contributed by atoms with Crippen molar-refractivity contribution in [3.05, 3.63) is 52.8 Å². The predicted octanol–water partition coefficient (Wildman–Crippen LogP) is 2.49. The number of nitrogens with one attached hydrogen (secondary N) is 1. The summed E-state index contributed by atoms with van der Waals surface area (Å²) < 4.78 is 1.77. The van der Waals surface area contributed by atoms with E-state index in [1.54, 1.807) is 4.68 Å². The van der Waals surface area contributed by atoms with Crippen LogP contribution in [0.15, 0.2) is 30.3 Å². The number of amides is 1. The van der Waals surface area contributed by atoms with Crippen LogP contribution in [0.1, 0.15) is 33.4 Å². The Morgan fingerprint density at radius 2 is 2.00 bits per heavy atom. The lowest BCUT2D eigenvalue weighted by molar-refractivity contribution is 0.0707. The lowest BCUT2D eigenvalue weighted by Crippen LogP contribution is -2.35. The Kier molecular flexibility index (Phi) is 4.89.